The zero-order valence-corrected chi connectivity index (χ0v) is 9.81. The molecule has 0 unspecified atom stereocenters. The molecular weight excluding hydrogens is 208 g/mol. The maximum absolute atomic E-state index is 11.0. The Bertz CT molecular complexity index is 337. The quantitative estimate of drug-likeness (QED) is 0.576. The molecule has 0 spiro atoms. The van der Waals surface area contributed by atoms with E-state index < -0.39 is 0 Å². The molecule has 1 heterocycles. The molecule has 1 fully saturated rings. The molecule has 2 nitrogen and oxygen atoms in total. The number of rotatable bonds is 4. The molecule has 0 bridgehead atoms. The van der Waals surface area contributed by atoms with Gasteiger partial charge in [-0.3, -0.25) is 4.79 Å². The van der Waals surface area contributed by atoms with Gasteiger partial charge in [0.1, 0.15) is 0 Å². The van der Waals surface area contributed by atoms with Gasteiger partial charge in [-0.15, -0.1) is 0 Å². The molecule has 1 saturated carbocycles. The van der Waals surface area contributed by atoms with Crippen LogP contribution in [0.25, 0.3) is 0 Å². The van der Waals surface area contributed by atoms with E-state index in [1.54, 1.807) is 17.8 Å². The van der Waals surface area contributed by atoms with Crippen molar-refractivity contribution in [3.63, 3.8) is 0 Å². The second-order valence-corrected chi connectivity index (χ2v) is 5.16. The Morgan fingerprint density at radius 2 is 2.20 bits per heavy atom. The Labute approximate surface area is 94.4 Å². The number of thioether (sulfide) groups is 1. The van der Waals surface area contributed by atoms with E-state index in [0.29, 0.717) is 5.76 Å². The van der Waals surface area contributed by atoms with Gasteiger partial charge in [-0.1, -0.05) is 24.6 Å². The Morgan fingerprint density at radius 1 is 1.47 bits per heavy atom. The summed E-state index contributed by atoms with van der Waals surface area (Å²) in [5, 5.41) is 0.882. The van der Waals surface area contributed by atoms with Crippen molar-refractivity contribution in [3.05, 3.63) is 17.9 Å². The number of furan rings is 1. The molecule has 1 aliphatic carbocycles. The molecule has 0 aromatic carbocycles. The second-order valence-electron chi connectivity index (χ2n) is 4.14. The van der Waals surface area contributed by atoms with Crippen LogP contribution in [0.15, 0.2) is 21.6 Å². The average Bonchev–Trinajstić information content (AvgIpc) is 2.86. The summed E-state index contributed by atoms with van der Waals surface area (Å²) in [4.78, 5) is 11.0. The molecule has 0 N–H and O–H groups in total. The zero-order chi connectivity index (χ0) is 10.7. The maximum atomic E-state index is 11.0. The van der Waals surface area contributed by atoms with Crippen molar-refractivity contribution in [1.29, 1.82) is 0 Å². The van der Waals surface area contributed by atoms with Gasteiger partial charge in [0.05, 0.1) is 0 Å². The van der Waals surface area contributed by atoms with Crippen LogP contribution in [0.3, 0.4) is 0 Å². The molecule has 0 atom stereocenters. The minimum absolute atomic E-state index is 0.00252. The molecule has 3 heteroatoms. The van der Waals surface area contributed by atoms with Crippen LogP contribution in [0.1, 0.15) is 43.2 Å². The van der Waals surface area contributed by atoms with E-state index in [0.717, 1.165) is 16.8 Å². The highest BCUT2D eigenvalue weighted by molar-refractivity contribution is 7.99. The number of carbonyl (C=O) groups excluding carboxylic acids is 1. The van der Waals surface area contributed by atoms with E-state index in [1.807, 2.05) is 6.07 Å². The summed E-state index contributed by atoms with van der Waals surface area (Å²) in [5.41, 5.74) is 0. The summed E-state index contributed by atoms with van der Waals surface area (Å²) in [5.74, 6) is 2.46. The fraction of sp³-hybridized carbons (Fsp3) is 0.583. The Hall–Kier alpha value is -0.700. The molecule has 15 heavy (non-hydrogen) atoms. The van der Waals surface area contributed by atoms with E-state index in [2.05, 4.69) is 0 Å². The van der Waals surface area contributed by atoms with Crippen LogP contribution >= 0.6 is 11.8 Å². The Balaban J connectivity index is 1.84. The monoisotopic (exact) mass is 224 g/mol. The van der Waals surface area contributed by atoms with Gasteiger partial charge in [0.15, 0.2) is 16.6 Å². The predicted octanol–water partition coefficient (Wildman–Crippen LogP) is 3.76. The molecule has 0 aliphatic heterocycles. The highest BCUT2D eigenvalue weighted by Gasteiger charge is 2.16. The minimum atomic E-state index is 0.00252. The van der Waals surface area contributed by atoms with Gasteiger partial charge in [0.25, 0.3) is 0 Å². The molecule has 0 saturated heterocycles. The fourth-order valence-electron chi connectivity index (χ4n) is 1.96. The second kappa shape index (κ2) is 4.88. The van der Waals surface area contributed by atoms with Gasteiger partial charge < -0.3 is 4.42 Å². The molecular formula is C12H16O2S. The van der Waals surface area contributed by atoms with Crippen LogP contribution in [0.2, 0.25) is 0 Å². The van der Waals surface area contributed by atoms with Crippen LogP contribution in [0.4, 0.5) is 0 Å². The van der Waals surface area contributed by atoms with Crippen LogP contribution in [0, 0.1) is 5.92 Å². The third kappa shape index (κ3) is 2.88. The van der Waals surface area contributed by atoms with E-state index in [9.17, 15) is 4.79 Å². The molecule has 0 radical (unpaired) electrons. The lowest BCUT2D eigenvalue weighted by atomic mass is 10.1. The number of hydrogen-bond acceptors (Lipinski definition) is 3. The summed E-state index contributed by atoms with van der Waals surface area (Å²) in [6.45, 7) is 1.53. The Morgan fingerprint density at radius 3 is 2.80 bits per heavy atom. The topological polar surface area (TPSA) is 30.2 Å². The van der Waals surface area contributed by atoms with Gasteiger partial charge in [-0.25, -0.2) is 0 Å². The summed E-state index contributed by atoms with van der Waals surface area (Å²) in [7, 11) is 0. The van der Waals surface area contributed by atoms with E-state index in [1.165, 1.54) is 32.6 Å². The molecule has 1 aromatic heterocycles. The predicted molar refractivity (Wildman–Crippen MR) is 61.4 cm³/mol. The molecule has 82 valence electrons. The summed E-state index contributed by atoms with van der Waals surface area (Å²) < 4.78 is 5.42. The third-order valence-electron chi connectivity index (χ3n) is 2.86. The van der Waals surface area contributed by atoms with Crippen LogP contribution in [0.5, 0.6) is 0 Å². The molecule has 1 aliphatic rings. The van der Waals surface area contributed by atoms with Crippen molar-refractivity contribution in [3.8, 4) is 0 Å². The van der Waals surface area contributed by atoms with Crippen molar-refractivity contribution >= 4 is 17.5 Å². The van der Waals surface area contributed by atoms with Crippen molar-refractivity contribution in [1.82, 2.24) is 0 Å². The lowest BCUT2D eigenvalue weighted by Gasteiger charge is -2.05. The van der Waals surface area contributed by atoms with Gasteiger partial charge in [0, 0.05) is 12.7 Å². The lowest BCUT2D eigenvalue weighted by molar-refractivity contribution is 0.0982. The van der Waals surface area contributed by atoms with Gasteiger partial charge >= 0.3 is 0 Å². The van der Waals surface area contributed by atoms with Crippen molar-refractivity contribution in [2.75, 3.05) is 5.75 Å². The number of hydrogen-bond donors (Lipinski definition) is 0. The van der Waals surface area contributed by atoms with Crippen molar-refractivity contribution in [2.24, 2.45) is 5.92 Å². The zero-order valence-electron chi connectivity index (χ0n) is 8.99. The third-order valence-corrected chi connectivity index (χ3v) is 4.01. The lowest BCUT2D eigenvalue weighted by Crippen LogP contribution is -1.95. The van der Waals surface area contributed by atoms with Crippen LogP contribution in [-0.4, -0.2) is 11.5 Å². The number of ketones is 1. The SMILES string of the molecule is CC(=O)c1ccc(SCC2CCCC2)o1. The smallest absolute Gasteiger partial charge is 0.194 e. The minimum Gasteiger partial charge on any atom is -0.447 e. The summed E-state index contributed by atoms with van der Waals surface area (Å²) >= 11 is 1.74. The first-order valence-corrected chi connectivity index (χ1v) is 6.48. The standard InChI is InChI=1S/C12H16O2S/c1-9(13)11-6-7-12(14-11)15-8-10-4-2-3-5-10/h6-7,10H,2-5,8H2,1H3. The molecule has 0 amide bonds. The normalized spacial score (nSPS) is 17.1. The van der Waals surface area contributed by atoms with Crippen molar-refractivity contribution < 1.29 is 9.21 Å². The van der Waals surface area contributed by atoms with Gasteiger partial charge in [0.2, 0.25) is 0 Å². The summed E-state index contributed by atoms with van der Waals surface area (Å²) in [6, 6.07) is 3.66. The van der Waals surface area contributed by atoms with E-state index in [-0.39, 0.29) is 5.78 Å². The molecule has 1 aromatic rings. The number of Topliss-reactive ketones (excluding diaryl/α,β-unsaturated/α-hetero) is 1. The van der Waals surface area contributed by atoms with Crippen molar-refractivity contribution in [2.45, 2.75) is 37.7 Å². The first kappa shape index (κ1) is 10.8. The first-order chi connectivity index (χ1) is 7.25. The van der Waals surface area contributed by atoms with E-state index >= 15 is 0 Å². The number of carbonyl (C=O) groups is 1. The fourth-order valence-corrected chi connectivity index (χ4v) is 3.01. The summed E-state index contributed by atoms with van der Waals surface area (Å²) in [6.07, 6.45) is 5.46. The Kier molecular flexibility index (Phi) is 3.52. The highest BCUT2D eigenvalue weighted by atomic mass is 32.2. The van der Waals surface area contributed by atoms with Gasteiger partial charge in [-0.05, 0) is 30.9 Å². The average molecular weight is 224 g/mol. The van der Waals surface area contributed by atoms with Gasteiger partial charge in [-0.2, -0.15) is 0 Å². The maximum Gasteiger partial charge on any atom is 0.194 e. The molecule has 2 rings (SSSR count). The van der Waals surface area contributed by atoms with Crippen LogP contribution < -0.4 is 0 Å². The van der Waals surface area contributed by atoms with E-state index in [4.69, 9.17) is 4.42 Å². The van der Waals surface area contributed by atoms with Crippen LogP contribution in [-0.2, 0) is 0 Å². The highest BCUT2D eigenvalue weighted by Crippen LogP contribution is 2.31. The first-order valence-electron chi connectivity index (χ1n) is 5.49. The largest absolute Gasteiger partial charge is 0.447 e.